The maximum absolute atomic E-state index is 12.4. The molecule has 0 aliphatic heterocycles. The summed E-state index contributed by atoms with van der Waals surface area (Å²) in [6.07, 6.45) is 0.652. The lowest BCUT2D eigenvalue weighted by Gasteiger charge is -2.10. The van der Waals surface area contributed by atoms with Gasteiger partial charge in [0.15, 0.2) is 0 Å². The van der Waals surface area contributed by atoms with E-state index in [0.29, 0.717) is 17.2 Å². The number of halogens is 1. The van der Waals surface area contributed by atoms with Crippen molar-refractivity contribution in [2.75, 3.05) is 27.2 Å². The molecule has 0 heterocycles. The highest BCUT2D eigenvalue weighted by Crippen LogP contribution is 2.34. The quantitative estimate of drug-likeness (QED) is 0.370. The molecule has 2 aromatic carbocycles. The molecule has 0 unspecified atom stereocenters. The molecule has 0 atom stereocenters. The Morgan fingerprint density at radius 2 is 1.96 bits per heavy atom. The Balaban J connectivity index is 2.22. The number of ether oxygens (including phenoxy) is 1. The topological polar surface area (TPSA) is 103 Å². The van der Waals surface area contributed by atoms with E-state index in [2.05, 4.69) is 4.72 Å². The molecule has 8 nitrogen and oxygen atoms in total. The maximum atomic E-state index is 12.4. The lowest BCUT2D eigenvalue weighted by molar-refractivity contribution is -0.858. The van der Waals surface area contributed by atoms with Crippen molar-refractivity contribution in [2.24, 2.45) is 0 Å². The Morgan fingerprint density at radius 3 is 2.59 bits per heavy atom. The second-order valence-corrected chi connectivity index (χ2v) is 8.36. The molecule has 27 heavy (non-hydrogen) atoms. The first-order valence-corrected chi connectivity index (χ1v) is 10.1. The highest BCUT2D eigenvalue weighted by Gasteiger charge is 2.22. The van der Waals surface area contributed by atoms with Gasteiger partial charge in [-0.25, -0.2) is 13.1 Å². The molecule has 0 aliphatic carbocycles. The SMILES string of the molecule is C[NH+](C)CCCNS(=O)(=O)c1ccc(Oc2cccc(Cl)c2)c([N+](=O)[O-])c1. The summed E-state index contributed by atoms with van der Waals surface area (Å²) >= 11 is 5.88. The Kier molecular flexibility index (Phi) is 7.14. The highest BCUT2D eigenvalue weighted by molar-refractivity contribution is 7.89. The van der Waals surface area contributed by atoms with Gasteiger partial charge in [0.05, 0.1) is 30.5 Å². The molecule has 10 heteroatoms. The van der Waals surface area contributed by atoms with Gasteiger partial charge in [-0.2, -0.15) is 0 Å². The van der Waals surface area contributed by atoms with Gasteiger partial charge in [0.1, 0.15) is 5.75 Å². The zero-order valence-corrected chi connectivity index (χ0v) is 16.5. The maximum Gasteiger partial charge on any atom is 0.312 e. The van der Waals surface area contributed by atoms with Crippen LogP contribution in [0.4, 0.5) is 5.69 Å². The molecule has 2 N–H and O–H groups in total. The van der Waals surface area contributed by atoms with Crippen LogP contribution in [0.2, 0.25) is 5.02 Å². The van der Waals surface area contributed by atoms with Crippen LogP contribution in [-0.2, 0) is 10.0 Å². The van der Waals surface area contributed by atoms with E-state index < -0.39 is 20.6 Å². The van der Waals surface area contributed by atoms with Gasteiger partial charge in [-0.3, -0.25) is 10.1 Å². The molecule has 0 saturated heterocycles. The summed E-state index contributed by atoms with van der Waals surface area (Å²) in [6, 6.07) is 9.89. The monoisotopic (exact) mass is 414 g/mol. The number of nitro groups is 1. The first-order chi connectivity index (χ1) is 12.7. The normalized spacial score (nSPS) is 11.6. The summed E-state index contributed by atoms with van der Waals surface area (Å²) in [5, 5.41) is 11.8. The molecule has 0 saturated carbocycles. The zero-order chi connectivity index (χ0) is 20.0. The summed E-state index contributed by atoms with van der Waals surface area (Å²) in [6.45, 7) is 1.05. The van der Waals surface area contributed by atoms with Gasteiger partial charge in [0.2, 0.25) is 15.8 Å². The van der Waals surface area contributed by atoms with Crippen molar-refractivity contribution in [1.29, 1.82) is 0 Å². The van der Waals surface area contributed by atoms with Crippen LogP contribution in [0.3, 0.4) is 0 Å². The summed E-state index contributed by atoms with van der Waals surface area (Å²) in [5.41, 5.74) is -0.449. The number of sulfonamides is 1. The fourth-order valence-electron chi connectivity index (χ4n) is 2.28. The summed E-state index contributed by atoms with van der Waals surface area (Å²) in [5.74, 6) is 0.239. The first-order valence-electron chi connectivity index (χ1n) is 8.19. The van der Waals surface area contributed by atoms with Crippen LogP contribution in [-0.4, -0.2) is 40.5 Å². The molecule has 2 rings (SSSR count). The number of nitrogens with one attached hydrogen (secondary N) is 2. The number of hydrogen-bond donors (Lipinski definition) is 2. The number of quaternary nitrogens is 1. The minimum atomic E-state index is -3.85. The van der Waals surface area contributed by atoms with Gasteiger partial charge in [-0.05, 0) is 30.3 Å². The molecule has 0 spiro atoms. The number of nitrogens with zero attached hydrogens (tertiary/aromatic N) is 1. The van der Waals surface area contributed by atoms with Crippen molar-refractivity contribution >= 4 is 27.3 Å². The Morgan fingerprint density at radius 1 is 1.22 bits per heavy atom. The fraction of sp³-hybridized carbons (Fsp3) is 0.294. The number of rotatable bonds is 9. The minimum Gasteiger partial charge on any atom is -0.450 e. The van der Waals surface area contributed by atoms with E-state index in [-0.39, 0.29) is 17.2 Å². The van der Waals surface area contributed by atoms with Gasteiger partial charge in [0.25, 0.3) is 0 Å². The smallest absolute Gasteiger partial charge is 0.312 e. The summed E-state index contributed by atoms with van der Waals surface area (Å²) < 4.78 is 32.7. The summed E-state index contributed by atoms with van der Waals surface area (Å²) in [7, 11) is 0.0866. The predicted molar refractivity (Wildman–Crippen MR) is 102 cm³/mol. The van der Waals surface area contributed by atoms with Gasteiger partial charge >= 0.3 is 5.69 Å². The number of benzene rings is 2. The van der Waals surface area contributed by atoms with E-state index in [9.17, 15) is 18.5 Å². The molecular weight excluding hydrogens is 394 g/mol. The highest BCUT2D eigenvalue weighted by atomic mass is 35.5. The third-order valence-corrected chi connectivity index (χ3v) is 5.30. The molecule has 146 valence electrons. The van der Waals surface area contributed by atoms with E-state index in [1.807, 2.05) is 14.1 Å². The van der Waals surface area contributed by atoms with Crippen LogP contribution in [0.15, 0.2) is 47.4 Å². The van der Waals surface area contributed by atoms with E-state index >= 15 is 0 Å². The lowest BCUT2D eigenvalue weighted by Crippen LogP contribution is -3.05. The van der Waals surface area contributed by atoms with Crippen LogP contribution in [0, 0.1) is 10.1 Å². The van der Waals surface area contributed by atoms with E-state index in [1.54, 1.807) is 18.2 Å². The number of nitro benzene ring substituents is 1. The second-order valence-electron chi connectivity index (χ2n) is 6.15. The predicted octanol–water partition coefficient (Wildman–Crippen LogP) is 1.85. The molecule has 0 radical (unpaired) electrons. The third-order valence-electron chi connectivity index (χ3n) is 3.61. The molecular formula is C17H21ClN3O5S+. The number of hydrogen-bond acceptors (Lipinski definition) is 5. The van der Waals surface area contributed by atoms with Gasteiger partial charge in [-0.15, -0.1) is 0 Å². The standard InChI is InChI=1S/C17H20ClN3O5S/c1-20(2)10-4-9-19-27(24,25)15-7-8-17(16(12-15)21(22)23)26-14-6-3-5-13(18)11-14/h3,5-8,11-12,19H,4,9-10H2,1-2H3/p+1. The van der Waals surface area contributed by atoms with Crippen molar-refractivity contribution < 1.29 is 23.0 Å². The van der Waals surface area contributed by atoms with E-state index in [0.717, 1.165) is 12.6 Å². The fourth-order valence-corrected chi connectivity index (χ4v) is 3.56. The van der Waals surface area contributed by atoms with Crippen LogP contribution in [0.1, 0.15) is 6.42 Å². The van der Waals surface area contributed by atoms with Crippen LogP contribution < -0.4 is 14.4 Å². The zero-order valence-electron chi connectivity index (χ0n) is 14.9. The Labute approximate surface area is 162 Å². The van der Waals surface area contributed by atoms with Crippen LogP contribution in [0.5, 0.6) is 11.5 Å². The van der Waals surface area contributed by atoms with E-state index in [4.69, 9.17) is 16.3 Å². The average molecular weight is 415 g/mol. The van der Waals surface area contributed by atoms with Crippen molar-refractivity contribution in [3.63, 3.8) is 0 Å². The largest absolute Gasteiger partial charge is 0.450 e. The lowest BCUT2D eigenvalue weighted by atomic mass is 10.3. The van der Waals surface area contributed by atoms with Gasteiger partial charge < -0.3 is 9.64 Å². The summed E-state index contributed by atoms with van der Waals surface area (Å²) in [4.78, 5) is 11.7. The Bertz CT molecular complexity index is 919. The second kappa shape index (κ2) is 9.14. The average Bonchev–Trinajstić information content (AvgIpc) is 2.58. The van der Waals surface area contributed by atoms with Gasteiger partial charge in [-0.1, -0.05) is 17.7 Å². The molecule has 2 aromatic rings. The van der Waals surface area contributed by atoms with E-state index in [1.165, 1.54) is 23.1 Å². The van der Waals surface area contributed by atoms with Gasteiger partial charge in [0, 0.05) is 24.1 Å². The van der Waals surface area contributed by atoms with Crippen molar-refractivity contribution in [3.05, 3.63) is 57.6 Å². The molecule has 0 fully saturated rings. The minimum absolute atomic E-state index is 0.0718. The third kappa shape index (κ3) is 6.17. The molecule has 0 bridgehead atoms. The Hall–Kier alpha value is -2.20. The van der Waals surface area contributed by atoms with Crippen LogP contribution in [0.25, 0.3) is 0 Å². The van der Waals surface area contributed by atoms with Crippen molar-refractivity contribution in [2.45, 2.75) is 11.3 Å². The first kappa shape index (κ1) is 21.1. The van der Waals surface area contributed by atoms with Crippen molar-refractivity contribution in [3.8, 4) is 11.5 Å². The van der Waals surface area contributed by atoms with Crippen LogP contribution >= 0.6 is 11.6 Å². The molecule has 0 aromatic heterocycles. The molecule has 0 aliphatic rings. The molecule has 0 amide bonds. The van der Waals surface area contributed by atoms with Crippen molar-refractivity contribution in [1.82, 2.24) is 4.72 Å².